The lowest BCUT2D eigenvalue weighted by Gasteiger charge is -2.30. The van der Waals surface area contributed by atoms with Crippen LogP contribution in [0.1, 0.15) is 12.8 Å². The first-order valence-corrected chi connectivity index (χ1v) is 9.84. The van der Waals surface area contributed by atoms with E-state index in [0.29, 0.717) is 13.0 Å². The zero-order chi connectivity index (χ0) is 17.9. The van der Waals surface area contributed by atoms with Crippen molar-refractivity contribution in [1.29, 1.82) is 0 Å². The summed E-state index contributed by atoms with van der Waals surface area (Å²) in [6.45, 7) is 0.431. The van der Waals surface area contributed by atoms with Crippen molar-refractivity contribution < 1.29 is 23.1 Å². The number of ether oxygens (including phenoxy) is 1. The molecule has 0 aliphatic carbocycles. The summed E-state index contributed by atoms with van der Waals surface area (Å²) in [5, 5.41) is 11.9. The number of carboxylic acids is 1. The first-order chi connectivity index (χ1) is 11.2. The highest BCUT2D eigenvalue weighted by atomic mass is 35.5. The van der Waals surface area contributed by atoms with Crippen LogP contribution < -0.4 is 5.32 Å². The number of nitrogens with one attached hydrogen (secondary N) is 1. The topological polar surface area (TPSA) is 92.7 Å². The Bertz CT molecular complexity index is 696. The molecule has 0 saturated carbocycles. The molecule has 1 aromatic carbocycles. The number of hydrogen-bond acceptors (Lipinski definition) is 5. The molecule has 2 atom stereocenters. The Morgan fingerprint density at radius 2 is 1.96 bits per heavy atom. The molecule has 2 unspecified atom stereocenters. The molecule has 134 valence electrons. The summed E-state index contributed by atoms with van der Waals surface area (Å²) in [5.74, 6) is -1.67. The van der Waals surface area contributed by atoms with Crippen LogP contribution in [0.2, 0.25) is 15.1 Å². The standard InChI is InChI=1S/C14H16Cl3NO5S/c15-9-4-10(16)13(11(17)5-9)24(21,22)14(23-7-12(19)20)8-2-1-3-18-6-8/h4-5,8,14,18H,1-3,6-7H2,(H,19,20). The van der Waals surface area contributed by atoms with Gasteiger partial charge in [-0.3, -0.25) is 0 Å². The van der Waals surface area contributed by atoms with Crippen molar-refractivity contribution in [3.63, 3.8) is 0 Å². The van der Waals surface area contributed by atoms with Gasteiger partial charge in [0, 0.05) is 17.5 Å². The van der Waals surface area contributed by atoms with Gasteiger partial charge in [0.15, 0.2) is 5.44 Å². The molecule has 0 bridgehead atoms. The van der Waals surface area contributed by atoms with Gasteiger partial charge in [0.1, 0.15) is 11.5 Å². The summed E-state index contributed by atoms with van der Waals surface area (Å²) in [6.07, 6.45) is 1.34. The van der Waals surface area contributed by atoms with Crippen LogP contribution >= 0.6 is 34.8 Å². The average Bonchev–Trinajstić information content (AvgIpc) is 2.46. The van der Waals surface area contributed by atoms with E-state index < -0.39 is 33.8 Å². The van der Waals surface area contributed by atoms with E-state index >= 15 is 0 Å². The van der Waals surface area contributed by atoms with Gasteiger partial charge in [-0.15, -0.1) is 0 Å². The Kier molecular flexibility index (Phi) is 6.75. The van der Waals surface area contributed by atoms with E-state index in [1.165, 1.54) is 12.1 Å². The molecule has 1 aliphatic rings. The fraction of sp³-hybridized carbons (Fsp3) is 0.500. The Hall–Kier alpha value is -0.570. The lowest BCUT2D eigenvalue weighted by atomic mass is 10.0. The molecular weight excluding hydrogens is 401 g/mol. The molecule has 0 spiro atoms. The minimum absolute atomic E-state index is 0.125. The maximum Gasteiger partial charge on any atom is 0.329 e. The zero-order valence-corrected chi connectivity index (χ0v) is 15.6. The Balaban J connectivity index is 2.44. The monoisotopic (exact) mass is 415 g/mol. The summed E-state index contributed by atoms with van der Waals surface area (Å²) in [5.41, 5.74) is -1.36. The van der Waals surface area contributed by atoms with E-state index in [9.17, 15) is 13.2 Å². The predicted molar refractivity (Wildman–Crippen MR) is 91.6 cm³/mol. The van der Waals surface area contributed by atoms with Crippen LogP contribution in [0, 0.1) is 5.92 Å². The van der Waals surface area contributed by atoms with Crippen molar-refractivity contribution in [2.24, 2.45) is 5.92 Å². The highest BCUT2D eigenvalue weighted by Crippen LogP contribution is 2.37. The Labute approximate surface area is 154 Å². The predicted octanol–water partition coefficient (Wildman–Crippen LogP) is 2.85. The molecule has 1 saturated heterocycles. The third kappa shape index (κ3) is 4.53. The first kappa shape index (κ1) is 19.8. The molecule has 24 heavy (non-hydrogen) atoms. The largest absolute Gasteiger partial charge is 0.480 e. The number of aliphatic carboxylic acids is 1. The van der Waals surface area contributed by atoms with Crippen molar-refractivity contribution in [2.45, 2.75) is 23.2 Å². The molecule has 2 N–H and O–H groups in total. The molecule has 1 aromatic rings. The van der Waals surface area contributed by atoms with Gasteiger partial charge in [-0.25, -0.2) is 13.2 Å². The van der Waals surface area contributed by atoms with Gasteiger partial charge in [-0.2, -0.15) is 0 Å². The van der Waals surface area contributed by atoms with E-state index in [-0.39, 0.29) is 20.0 Å². The molecule has 0 amide bonds. The second-order valence-corrected chi connectivity index (χ2v) is 8.64. The average molecular weight is 417 g/mol. The molecular formula is C14H16Cl3NO5S. The molecule has 1 heterocycles. The van der Waals surface area contributed by atoms with Crippen LogP contribution in [0.15, 0.2) is 17.0 Å². The first-order valence-electron chi connectivity index (χ1n) is 7.16. The SMILES string of the molecule is O=C(O)COC(C1CCCNC1)S(=O)(=O)c1c(Cl)cc(Cl)cc1Cl. The van der Waals surface area contributed by atoms with E-state index in [1.807, 2.05) is 0 Å². The number of carboxylic acid groups (broad SMARTS) is 1. The zero-order valence-electron chi connectivity index (χ0n) is 12.5. The van der Waals surface area contributed by atoms with Crippen LogP contribution in [-0.2, 0) is 19.4 Å². The number of benzene rings is 1. The van der Waals surface area contributed by atoms with E-state index in [2.05, 4.69) is 5.32 Å². The number of hydrogen-bond donors (Lipinski definition) is 2. The molecule has 0 radical (unpaired) electrons. The summed E-state index contributed by atoms with van der Waals surface area (Å²) < 4.78 is 31.3. The van der Waals surface area contributed by atoms with Gasteiger partial charge in [0.05, 0.1) is 10.0 Å². The molecule has 6 nitrogen and oxygen atoms in total. The van der Waals surface area contributed by atoms with Gasteiger partial charge < -0.3 is 15.2 Å². The molecule has 1 fully saturated rings. The van der Waals surface area contributed by atoms with Gasteiger partial charge in [-0.05, 0) is 31.5 Å². The van der Waals surface area contributed by atoms with Gasteiger partial charge in [-0.1, -0.05) is 34.8 Å². The third-order valence-electron chi connectivity index (χ3n) is 3.64. The lowest BCUT2D eigenvalue weighted by Crippen LogP contribution is -2.42. The summed E-state index contributed by atoms with van der Waals surface area (Å²) in [6, 6.07) is 2.55. The minimum atomic E-state index is -4.12. The number of carbonyl (C=O) groups is 1. The van der Waals surface area contributed by atoms with Crippen LogP contribution in [0.5, 0.6) is 0 Å². The molecule has 1 aliphatic heterocycles. The molecule has 10 heteroatoms. The van der Waals surface area contributed by atoms with Crippen molar-refractivity contribution in [3.05, 3.63) is 27.2 Å². The quantitative estimate of drug-likeness (QED) is 0.741. The second-order valence-electron chi connectivity index (χ2n) is 5.42. The maximum atomic E-state index is 13.0. The summed E-state index contributed by atoms with van der Waals surface area (Å²) in [7, 11) is -4.12. The third-order valence-corrected chi connectivity index (χ3v) is 6.82. The van der Waals surface area contributed by atoms with Crippen molar-refractivity contribution in [1.82, 2.24) is 5.32 Å². The summed E-state index contributed by atoms with van der Waals surface area (Å²) >= 11 is 17.9. The van der Waals surface area contributed by atoms with Crippen molar-refractivity contribution in [2.75, 3.05) is 19.7 Å². The molecule has 2 rings (SSSR count). The Morgan fingerprint density at radius 3 is 2.46 bits per heavy atom. The lowest BCUT2D eigenvalue weighted by molar-refractivity contribution is -0.143. The summed E-state index contributed by atoms with van der Waals surface area (Å²) in [4.78, 5) is 10.5. The van der Waals surface area contributed by atoms with Gasteiger partial charge in [0.2, 0.25) is 9.84 Å². The van der Waals surface area contributed by atoms with Crippen LogP contribution in [0.25, 0.3) is 0 Å². The molecule has 0 aromatic heterocycles. The highest BCUT2D eigenvalue weighted by molar-refractivity contribution is 7.92. The number of halogens is 3. The normalized spacial score (nSPS) is 19.9. The number of rotatable bonds is 6. The smallest absolute Gasteiger partial charge is 0.329 e. The van der Waals surface area contributed by atoms with Crippen LogP contribution in [-0.4, -0.2) is 44.6 Å². The van der Waals surface area contributed by atoms with Crippen molar-refractivity contribution in [3.8, 4) is 0 Å². The number of piperidine rings is 1. The van der Waals surface area contributed by atoms with E-state index in [0.717, 1.165) is 13.0 Å². The Morgan fingerprint density at radius 1 is 1.33 bits per heavy atom. The van der Waals surface area contributed by atoms with Gasteiger partial charge in [0.25, 0.3) is 0 Å². The van der Waals surface area contributed by atoms with E-state index in [4.69, 9.17) is 44.6 Å². The van der Waals surface area contributed by atoms with E-state index in [1.54, 1.807) is 0 Å². The fourth-order valence-electron chi connectivity index (χ4n) is 2.66. The second kappa shape index (κ2) is 8.21. The minimum Gasteiger partial charge on any atom is -0.480 e. The van der Waals surface area contributed by atoms with Crippen LogP contribution in [0.4, 0.5) is 0 Å². The highest BCUT2D eigenvalue weighted by Gasteiger charge is 2.39. The maximum absolute atomic E-state index is 13.0. The van der Waals surface area contributed by atoms with Crippen LogP contribution in [0.3, 0.4) is 0 Å². The number of sulfone groups is 1. The van der Waals surface area contributed by atoms with Gasteiger partial charge >= 0.3 is 5.97 Å². The fourth-order valence-corrected chi connectivity index (χ4v) is 6.00. The van der Waals surface area contributed by atoms with Crippen molar-refractivity contribution >= 4 is 50.6 Å².